The Balaban J connectivity index is 1.67. The highest BCUT2D eigenvalue weighted by Gasteiger charge is 2.25. The average Bonchev–Trinajstić information content (AvgIpc) is 2.97. The van der Waals surface area contributed by atoms with Crippen LogP contribution < -0.4 is 10.2 Å². The second-order valence-electron chi connectivity index (χ2n) is 6.29. The third-order valence-electron chi connectivity index (χ3n) is 4.31. The van der Waals surface area contributed by atoms with E-state index in [2.05, 4.69) is 31.1 Å². The van der Waals surface area contributed by atoms with Crippen molar-refractivity contribution in [2.24, 2.45) is 0 Å². The summed E-state index contributed by atoms with van der Waals surface area (Å²) in [6, 6.07) is 8.38. The second kappa shape index (κ2) is 7.68. The zero-order valence-corrected chi connectivity index (χ0v) is 16.0. The van der Waals surface area contributed by atoms with Crippen LogP contribution in [-0.2, 0) is 13.0 Å². The second-order valence-corrected chi connectivity index (χ2v) is 8.71. The van der Waals surface area contributed by atoms with E-state index in [-0.39, 0.29) is 5.91 Å². The van der Waals surface area contributed by atoms with Gasteiger partial charge < -0.3 is 4.90 Å². The summed E-state index contributed by atoms with van der Waals surface area (Å²) in [5, 5.41) is 3.69. The maximum absolute atomic E-state index is 12.4. The van der Waals surface area contributed by atoms with E-state index in [1.165, 1.54) is 9.77 Å². The first-order valence-electron chi connectivity index (χ1n) is 8.44. The number of nitrogens with zero attached hydrogens (tertiary/aromatic N) is 1. The van der Waals surface area contributed by atoms with Gasteiger partial charge in [0.15, 0.2) is 5.13 Å². The Kier molecular flexibility index (Phi) is 5.58. The number of carbonyl (C=O) groups is 1. The molecule has 1 atom stereocenters. The third kappa shape index (κ3) is 3.99. The minimum absolute atomic E-state index is 0.0813. The monoisotopic (exact) mass is 362 g/mol. The fourth-order valence-electron chi connectivity index (χ4n) is 2.88. The molecule has 0 saturated carbocycles. The molecule has 1 aliphatic rings. The molecule has 2 heterocycles. The van der Waals surface area contributed by atoms with Crippen molar-refractivity contribution < 1.29 is 9.69 Å². The normalized spacial score (nSPS) is 16.9. The highest BCUT2D eigenvalue weighted by atomic mass is 32.2. The number of fused-ring (bicyclic) bond motifs is 1. The van der Waals surface area contributed by atoms with Gasteiger partial charge in [-0.1, -0.05) is 18.3 Å². The largest absolute Gasteiger partial charge is 0.328 e. The van der Waals surface area contributed by atoms with Crippen molar-refractivity contribution in [1.82, 2.24) is 4.98 Å². The number of amides is 1. The van der Waals surface area contributed by atoms with Crippen molar-refractivity contribution in [3.05, 3.63) is 40.4 Å². The van der Waals surface area contributed by atoms with Crippen LogP contribution in [0.3, 0.4) is 0 Å². The Labute approximate surface area is 151 Å². The number of benzene rings is 1. The summed E-state index contributed by atoms with van der Waals surface area (Å²) in [5.41, 5.74) is 1.84. The lowest BCUT2D eigenvalue weighted by molar-refractivity contribution is -0.936. The first-order valence-corrected chi connectivity index (χ1v) is 10.2. The van der Waals surface area contributed by atoms with E-state index >= 15 is 0 Å². The number of thioether (sulfide) groups is 1. The Morgan fingerprint density at radius 3 is 2.79 bits per heavy atom. The Morgan fingerprint density at radius 1 is 1.38 bits per heavy atom. The lowest BCUT2D eigenvalue weighted by Crippen LogP contribution is -3.14. The summed E-state index contributed by atoms with van der Waals surface area (Å²) >= 11 is 3.40. The molecule has 1 amide bonds. The quantitative estimate of drug-likeness (QED) is 0.804. The van der Waals surface area contributed by atoms with E-state index in [1.807, 2.05) is 24.3 Å². The molecule has 1 aromatic carbocycles. The zero-order chi connectivity index (χ0) is 17.1. The molecule has 4 nitrogen and oxygen atoms in total. The summed E-state index contributed by atoms with van der Waals surface area (Å²) in [6.07, 6.45) is 0.998. The number of hydrogen-bond acceptors (Lipinski definition) is 4. The molecule has 1 aromatic heterocycles. The number of carbonyl (C=O) groups excluding carboxylic acids is 1. The highest BCUT2D eigenvalue weighted by molar-refractivity contribution is 7.99. The molecule has 2 N–H and O–H groups in total. The van der Waals surface area contributed by atoms with Crippen LogP contribution in [-0.4, -0.2) is 29.2 Å². The molecule has 1 unspecified atom stereocenters. The summed E-state index contributed by atoms with van der Waals surface area (Å²) in [7, 11) is 0. The molecule has 0 bridgehead atoms. The number of rotatable bonds is 5. The molecular weight excluding hydrogens is 338 g/mol. The van der Waals surface area contributed by atoms with Gasteiger partial charge in [-0.15, -0.1) is 11.8 Å². The van der Waals surface area contributed by atoms with Gasteiger partial charge in [-0.25, -0.2) is 4.98 Å². The van der Waals surface area contributed by atoms with Gasteiger partial charge in [0.05, 0.1) is 23.2 Å². The first kappa shape index (κ1) is 17.5. The van der Waals surface area contributed by atoms with Crippen molar-refractivity contribution in [1.29, 1.82) is 0 Å². The maximum atomic E-state index is 12.4. The van der Waals surface area contributed by atoms with Gasteiger partial charge in [0.1, 0.15) is 6.54 Å². The summed E-state index contributed by atoms with van der Waals surface area (Å²) in [6.45, 7) is 8.77. The van der Waals surface area contributed by atoms with Gasteiger partial charge in [-0.3, -0.25) is 10.1 Å². The molecule has 2 aromatic rings. The number of anilines is 1. The van der Waals surface area contributed by atoms with Crippen molar-refractivity contribution in [3.63, 3.8) is 0 Å². The maximum Gasteiger partial charge on any atom is 0.257 e. The van der Waals surface area contributed by atoms with Gasteiger partial charge in [0.25, 0.3) is 5.91 Å². The van der Waals surface area contributed by atoms with Crippen molar-refractivity contribution in [2.75, 3.05) is 17.6 Å². The van der Waals surface area contributed by atoms with E-state index in [9.17, 15) is 4.79 Å². The third-order valence-corrected chi connectivity index (χ3v) is 6.22. The van der Waals surface area contributed by atoms with E-state index < -0.39 is 0 Å². The first-order chi connectivity index (χ1) is 11.6. The Bertz CT molecular complexity index is 710. The molecule has 24 heavy (non-hydrogen) atoms. The van der Waals surface area contributed by atoms with E-state index in [1.54, 1.807) is 28.0 Å². The molecule has 0 saturated heterocycles. The van der Waals surface area contributed by atoms with Crippen LogP contribution in [0.2, 0.25) is 0 Å². The summed E-state index contributed by atoms with van der Waals surface area (Å²) in [4.78, 5) is 21.1. The smallest absolute Gasteiger partial charge is 0.257 e. The lowest BCUT2D eigenvalue weighted by atomic mass is 10.1. The van der Waals surface area contributed by atoms with Crippen LogP contribution in [0.4, 0.5) is 5.13 Å². The average molecular weight is 363 g/mol. The number of thiazole rings is 1. The molecule has 0 fully saturated rings. The number of quaternary nitrogens is 1. The Morgan fingerprint density at radius 2 is 2.12 bits per heavy atom. The molecule has 6 heteroatoms. The minimum atomic E-state index is -0.0813. The van der Waals surface area contributed by atoms with Crippen molar-refractivity contribution in [3.8, 4) is 0 Å². The lowest BCUT2D eigenvalue weighted by Gasteiger charge is -2.26. The summed E-state index contributed by atoms with van der Waals surface area (Å²) < 4.78 is 0. The molecular formula is C18H24N3OS2+. The van der Waals surface area contributed by atoms with E-state index in [0.29, 0.717) is 11.6 Å². The Hall–Kier alpha value is -1.37. The van der Waals surface area contributed by atoms with Crippen molar-refractivity contribution in [2.45, 2.75) is 44.7 Å². The fraction of sp³-hybridized carbons (Fsp3) is 0.444. The van der Waals surface area contributed by atoms with E-state index in [4.69, 9.17) is 0 Å². The van der Waals surface area contributed by atoms with Gasteiger partial charge in [-0.05, 0) is 43.9 Å². The van der Waals surface area contributed by atoms with Crippen LogP contribution in [0.15, 0.2) is 29.2 Å². The molecule has 0 aliphatic carbocycles. The fourth-order valence-corrected chi connectivity index (χ4v) is 4.59. The predicted molar refractivity (Wildman–Crippen MR) is 101 cm³/mol. The number of hydrogen-bond donors (Lipinski definition) is 2. The number of aromatic nitrogens is 1. The van der Waals surface area contributed by atoms with Gasteiger partial charge in [0.2, 0.25) is 0 Å². The van der Waals surface area contributed by atoms with Crippen LogP contribution in [0.1, 0.15) is 41.7 Å². The van der Waals surface area contributed by atoms with Crippen molar-refractivity contribution >= 4 is 34.1 Å². The standard InChI is InChI=1S/C18H23N3OS2/c1-4-23-14-7-5-13(6-8-14)17(22)20-18-19-15-9-10-21(12(2)3)11-16(15)24-18/h5-8,12H,4,9-11H2,1-3H3,(H,19,20,22)/p+1. The van der Waals surface area contributed by atoms with Crippen LogP contribution >= 0.6 is 23.1 Å². The molecule has 1 aliphatic heterocycles. The zero-order valence-electron chi connectivity index (χ0n) is 14.4. The topological polar surface area (TPSA) is 46.4 Å². The minimum Gasteiger partial charge on any atom is -0.328 e. The van der Waals surface area contributed by atoms with Crippen LogP contribution in [0, 0.1) is 0 Å². The SMILES string of the molecule is CCSc1ccc(C(=O)Nc2nc3c(s2)C[NH+](C(C)C)CC3)cc1. The van der Waals surface area contributed by atoms with Crippen LogP contribution in [0.5, 0.6) is 0 Å². The predicted octanol–water partition coefficient (Wildman–Crippen LogP) is 2.86. The molecule has 0 spiro atoms. The highest BCUT2D eigenvalue weighted by Crippen LogP contribution is 2.25. The van der Waals surface area contributed by atoms with Gasteiger partial charge in [-0.2, -0.15) is 0 Å². The summed E-state index contributed by atoms with van der Waals surface area (Å²) in [5.74, 6) is 0.952. The van der Waals surface area contributed by atoms with Crippen LogP contribution in [0.25, 0.3) is 0 Å². The number of nitrogens with one attached hydrogen (secondary N) is 2. The van der Waals surface area contributed by atoms with Gasteiger partial charge >= 0.3 is 0 Å². The molecule has 0 radical (unpaired) electrons. The molecule has 128 valence electrons. The van der Waals surface area contributed by atoms with E-state index in [0.717, 1.165) is 36.1 Å². The molecule has 3 rings (SSSR count). The van der Waals surface area contributed by atoms with Gasteiger partial charge in [0, 0.05) is 16.9 Å².